The van der Waals surface area contributed by atoms with Crippen LogP contribution in [0, 0.1) is 18.3 Å². The zero-order chi connectivity index (χ0) is 16.2. The topological polar surface area (TPSA) is 55.4 Å². The minimum atomic E-state index is -0.894. The van der Waals surface area contributed by atoms with Crippen molar-refractivity contribution in [3.05, 3.63) is 28.8 Å². The number of amides is 1. The third-order valence-electron chi connectivity index (χ3n) is 3.03. The molecule has 21 heavy (non-hydrogen) atoms. The van der Waals surface area contributed by atoms with Crippen molar-refractivity contribution in [2.45, 2.75) is 34.6 Å². The Labute approximate surface area is 130 Å². The van der Waals surface area contributed by atoms with Gasteiger partial charge in [0.05, 0.1) is 17.3 Å². The van der Waals surface area contributed by atoms with Gasteiger partial charge in [0.2, 0.25) is 5.91 Å². The van der Waals surface area contributed by atoms with Gasteiger partial charge in [-0.1, -0.05) is 38.4 Å². The lowest BCUT2D eigenvalue weighted by Gasteiger charge is -2.27. The van der Waals surface area contributed by atoms with Gasteiger partial charge in [-0.05, 0) is 37.0 Å². The van der Waals surface area contributed by atoms with Crippen LogP contribution in [0.5, 0.6) is 0 Å². The summed E-state index contributed by atoms with van der Waals surface area (Å²) in [4.78, 5) is 24.5. The molecule has 0 saturated heterocycles. The fourth-order valence-corrected chi connectivity index (χ4v) is 2.18. The molecule has 1 amide bonds. The van der Waals surface area contributed by atoms with Crippen molar-refractivity contribution in [3.8, 4) is 0 Å². The second kappa shape index (κ2) is 6.94. The standard InChI is InChI=1S/C16H22ClNO3/c1-6-21-15(20)13(16(3,4)5)14(19)18-12-9-10(2)7-8-11(12)17/h7-9,13H,6H2,1-5H3,(H,18,19). The van der Waals surface area contributed by atoms with Gasteiger partial charge in [0, 0.05) is 0 Å². The molecule has 1 N–H and O–H groups in total. The minimum absolute atomic E-state index is 0.240. The van der Waals surface area contributed by atoms with E-state index in [1.54, 1.807) is 19.1 Å². The lowest BCUT2D eigenvalue weighted by Crippen LogP contribution is -2.40. The van der Waals surface area contributed by atoms with Crippen LogP contribution in [-0.2, 0) is 14.3 Å². The van der Waals surface area contributed by atoms with Crippen LogP contribution in [0.15, 0.2) is 18.2 Å². The van der Waals surface area contributed by atoms with Gasteiger partial charge in [0.1, 0.15) is 5.92 Å². The molecule has 1 aromatic carbocycles. The molecule has 1 aromatic rings. The number of ether oxygens (including phenoxy) is 1. The number of halogens is 1. The van der Waals surface area contributed by atoms with Crippen LogP contribution in [0.1, 0.15) is 33.3 Å². The Hall–Kier alpha value is -1.55. The van der Waals surface area contributed by atoms with Gasteiger partial charge in [-0.2, -0.15) is 0 Å². The number of rotatable bonds is 4. The first kappa shape index (κ1) is 17.5. The largest absolute Gasteiger partial charge is 0.465 e. The molecular weight excluding hydrogens is 290 g/mol. The van der Waals surface area contributed by atoms with Crippen LogP contribution in [0.2, 0.25) is 5.02 Å². The van der Waals surface area contributed by atoms with Crippen LogP contribution < -0.4 is 5.32 Å². The Morgan fingerprint density at radius 2 is 1.95 bits per heavy atom. The van der Waals surface area contributed by atoms with Crippen LogP contribution in [-0.4, -0.2) is 18.5 Å². The molecule has 1 atom stereocenters. The number of benzene rings is 1. The van der Waals surface area contributed by atoms with Gasteiger partial charge in [-0.3, -0.25) is 9.59 Å². The summed E-state index contributed by atoms with van der Waals surface area (Å²) in [5.74, 6) is -1.83. The molecule has 0 aromatic heterocycles. The lowest BCUT2D eigenvalue weighted by atomic mass is 9.80. The van der Waals surface area contributed by atoms with E-state index in [0.29, 0.717) is 10.7 Å². The van der Waals surface area contributed by atoms with Crippen molar-refractivity contribution in [2.24, 2.45) is 11.3 Å². The Bertz CT molecular complexity index is 535. The van der Waals surface area contributed by atoms with Crippen molar-refractivity contribution >= 4 is 29.2 Å². The predicted octanol–water partition coefficient (Wildman–Crippen LogP) is 3.81. The molecular formula is C16H22ClNO3. The predicted molar refractivity (Wildman–Crippen MR) is 84.4 cm³/mol. The second-order valence-electron chi connectivity index (χ2n) is 6.02. The summed E-state index contributed by atoms with van der Waals surface area (Å²) >= 11 is 6.07. The summed E-state index contributed by atoms with van der Waals surface area (Å²) in [6.45, 7) is 9.33. The van der Waals surface area contributed by atoms with Gasteiger partial charge in [0.25, 0.3) is 0 Å². The van der Waals surface area contributed by atoms with Crippen LogP contribution in [0.3, 0.4) is 0 Å². The van der Waals surface area contributed by atoms with Crippen LogP contribution in [0.4, 0.5) is 5.69 Å². The van der Waals surface area contributed by atoms with E-state index in [1.165, 1.54) is 0 Å². The van der Waals surface area contributed by atoms with E-state index < -0.39 is 23.2 Å². The highest BCUT2D eigenvalue weighted by Gasteiger charge is 2.39. The maximum absolute atomic E-state index is 12.5. The van der Waals surface area contributed by atoms with Gasteiger partial charge in [0.15, 0.2) is 0 Å². The molecule has 0 aliphatic rings. The summed E-state index contributed by atoms with van der Waals surface area (Å²) in [6.07, 6.45) is 0. The molecule has 0 saturated carbocycles. The summed E-state index contributed by atoms with van der Waals surface area (Å²) in [7, 11) is 0. The van der Waals surface area contributed by atoms with Gasteiger partial charge in [-0.15, -0.1) is 0 Å². The highest BCUT2D eigenvalue weighted by molar-refractivity contribution is 6.33. The average molecular weight is 312 g/mol. The number of hydrogen-bond acceptors (Lipinski definition) is 3. The van der Waals surface area contributed by atoms with Crippen molar-refractivity contribution in [1.29, 1.82) is 0 Å². The van der Waals surface area contributed by atoms with E-state index in [9.17, 15) is 9.59 Å². The zero-order valence-corrected chi connectivity index (χ0v) is 13.9. The van der Waals surface area contributed by atoms with Crippen LogP contribution >= 0.6 is 11.6 Å². The Balaban J connectivity index is 3.01. The maximum Gasteiger partial charge on any atom is 0.319 e. The highest BCUT2D eigenvalue weighted by Crippen LogP contribution is 2.30. The molecule has 0 spiro atoms. The second-order valence-corrected chi connectivity index (χ2v) is 6.43. The summed E-state index contributed by atoms with van der Waals surface area (Å²) < 4.78 is 5.01. The maximum atomic E-state index is 12.5. The molecule has 1 rings (SSSR count). The van der Waals surface area contributed by atoms with Gasteiger partial charge in [-0.25, -0.2) is 0 Å². The van der Waals surface area contributed by atoms with Crippen molar-refractivity contribution in [1.82, 2.24) is 0 Å². The molecule has 5 heteroatoms. The molecule has 0 aliphatic carbocycles. The van der Waals surface area contributed by atoms with Gasteiger partial charge < -0.3 is 10.1 Å². The Kier molecular flexibility index (Phi) is 5.78. The van der Waals surface area contributed by atoms with Crippen molar-refractivity contribution in [3.63, 3.8) is 0 Å². The first-order chi connectivity index (χ1) is 9.66. The van der Waals surface area contributed by atoms with Crippen molar-refractivity contribution < 1.29 is 14.3 Å². The molecule has 4 nitrogen and oxygen atoms in total. The molecule has 0 aliphatic heterocycles. The number of carbonyl (C=O) groups is 2. The smallest absolute Gasteiger partial charge is 0.319 e. The Morgan fingerprint density at radius 1 is 1.33 bits per heavy atom. The number of nitrogens with one attached hydrogen (secondary N) is 1. The molecule has 0 heterocycles. The van der Waals surface area contributed by atoms with E-state index in [4.69, 9.17) is 16.3 Å². The van der Waals surface area contributed by atoms with E-state index in [0.717, 1.165) is 5.56 Å². The fraction of sp³-hybridized carbons (Fsp3) is 0.500. The zero-order valence-electron chi connectivity index (χ0n) is 13.1. The highest BCUT2D eigenvalue weighted by atomic mass is 35.5. The first-order valence-corrected chi connectivity index (χ1v) is 7.28. The molecule has 0 fully saturated rings. The van der Waals surface area contributed by atoms with E-state index in [-0.39, 0.29) is 6.61 Å². The molecule has 116 valence electrons. The number of anilines is 1. The van der Waals surface area contributed by atoms with Gasteiger partial charge >= 0.3 is 5.97 Å². The van der Waals surface area contributed by atoms with Crippen LogP contribution in [0.25, 0.3) is 0 Å². The summed E-state index contributed by atoms with van der Waals surface area (Å²) in [6, 6.07) is 5.33. The molecule has 1 unspecified atom stereocenters. The van der Waals surface area contributed by atoms with E-state index in [1.807, 2.05) is 33.8 Å². The SMILES string of the molecule is CCOC(=O)C(C(=O)Nc1cc(C)ccc1Cl)C(C)(C)C. The lowest BCUT2D eigenvalue weighted by molar-refractivity contribution is -0.155. The number of carbonyl (C=O) groups excluding carboxylic acids is 2. The monoisotopic (exact) mass is 311 g/mol. The number of hydrogen-bond donors (Lipinski definition) is 1. The molecule has 0 radical (unpaired) electrons. The fourth-order valence-electron chi connectivity index (χ4n) is 2.02. The quantitative estimate of drug-likeness (QED) is 0.679. The third-order valence-corrected chi connectivity index (χ3v) is 3.36. The number of aryl methyl sites for hydroxylation is 1. The summed E-state index contributed by atoms with van der Waals surface area (Å²) in [5.41, 5.74) is 0.922. The number of esters is 1. The average Bonchev–Trinajstić information content (AvgIpc) is 2.32. The van der Waals surface area contributed by atoms with E-state index >= 15 is 0 Å². The summed E-state index contributed by atoms with van der Waals surface area (Å²) in [5, 5.41) is 3.16. The van der Waals surface area contributed by atoms with Crippen molar-refractivity contribution in [2.75, 3.05) is 11.9 Å². The van der Waals surface area contributed by atoms with E-state index in [2.05, 4.69) is 5.32 Å². The third kappa shape index (κ3) is 4.74. The Morgan fingerprint density at radius 3 is 2.48 bits per heavy atom. The normalized spacial score (nSPS) is 12.7. The molecule has 0 bridgehead atoms. The minimum Gasteiger partial charge on any atom is -0.465 e. The first-order valence-electron chi connectivity index (χ1n) is 6.90.